The van der Waals surface area contributed by atoms with Crippen molar-refractivity contribution in [3.05, 3.63) is 41.7 Å². The van der Waals surface area contributed by atoms with Gasteiger partial charge in [0, 0.05) is 25.0 Å². The molecule has 2 aromatic rings. The molecule has 3 rings (SSSR count). The second kappa shape index (κ2) is 11.2. The van der Waals surface area contributed by atoms with E-state index >= 15 is 0 Å². The van der Waals surface area contributed by atoms with Crippen LogP contribution in [0.5, 0.6) is 0 Å². The van der Waals surface area contributed by atoms with E-state index in [1.165, 1.54) is 4.09 Å². The number of hydrogen-bond acceptors (Lipinski definition) is 5. The summed E-state index contributed by atoms with van der Waals surface area (Å²) in [7, 11) is 3.74. The molecule has 2 heterocycles. The Bertz CT molecular complexity index is 867. The minimum Gasteiger partial charge on any atom is -0.314 e. The first-order chi connectivity index (χ1) is 14.4. The number of benzene rings is 1. The number of aromatic nitrogens is 2. The Morgan fingerprint density at radius 3 is 2.57 bits per heavy atom. The molecule has 8 heteroatoms. The monoisotopic (exact) mass is 431 g/mol. The number of carbonyl (C=O) groups excluding carboxylic acids is 2. The van der Waals surface area contributed by atoms with Crippen LogP contribution in [0.3, 0.4) is 0 Å². The second-order valence-corrected chi connectivity index (χ2v) is 7.55. The number of rotatable bonds is 7. The van der Waals surface area contributed by atoms with Gasteiger partial charge in [0.05, 0.1) is 12.7 Å². The summed E-state index contributed by atoms with van der Waals surface area (Å²) < 4.78 is 1.28. The third-order valence-corrected chi connectivity index (χ3v) is 5.43. The number of likely N-dealkylation sites (N-methyl/N-ethyl adjacent to an activating group) is 2. The highest BCUT2D eigenvalue weighted by atomic mass is 32.1. The molecular weight excluding hydrogens is 398 g/mol. The minimum absolute atomic E-state index is 0.0304. The van der Waals surface area contributed by atoms with Gasteiger partial charge in [-0.25, -0.2) is 4.09 Å². The molecule has 0 atom stereocenters. The van der Waals surface area contributed by atoms with Crippen molar-refractivity contribution in [2.75, 3.05) is 43.5 Å². The van der Waals surface area contributed by atoms with Crippen LogP contribution in [-0.4, -0.2) is 59.6 Å². The average molecular weight is 432 g/mol. The third kappa shape index (κ3) is 5.43. The van der Waals surface area contributed by atoms with Gasteiger partial charge in [0.2, 0.25) is 5.91 Å². The maximum atomic E-state index is 12.9. The summed E-state index contributed by atoms with van der Waals surface area (Å²) in [6, 6.07) is 7.52. The summed E-state index contributed by atoms with van der Waals surface area (Å²) in [6.45, 7) is 8.02. The van der Waals surface area contributed by atoms with Gasteiger partial charge in [-0.1, -0.05) is 33.3 Å². The number of nitrogens with zero attached hydrogens (tertiary/aromatic N) is 5. The van der Waals surface area contributed by atoms with Crippen LogP contribution >= 0.6 is 12.8 Å². The molecule has 0 aliphatic carbocycles. The van der Waals surface area contributed by atoms with E-state index in [-0.39, 0.29) is 11.8 Å². The van der Waals surface area contributed by atoms with Crippen molar-refractivity contribution in [2.45, 2.75) is 40.0 Å². The summed E-state index contributed by atoms with van der Waals surface area (Å²) >= 11 is 4.19. The molecule has 164 valence electrons. The van der Waals surface area contributed by atoms with Crippen LogP contribution < -0.4 is 9.80 Å². The molecular formula is C22H33N5O2S. The molecule has 0 saturated heterocycles. The molecule has 0 bridgehead atoms. The number of thiol groups is 1. The van der Waals surface area contributed by atoms with Crippen LogP contribution in [0.1, 0.15) is 49.7 Å². The lowest BCUT2D eigenvalue weighted by Crippen LogP contribution is -2.37. The smallest absolute Gasteiger partial charge is 0.277 e. The van der Waals surface area contributed by atoms with Crippen molar-refractivity contribution in [1.82, 2.24) is 14.1 Å². The molecule has 0 radical (unpaired) electrons. The molecule has 30 heavy (non-hydrogen) atoms. The molecule has 0 unspecified atom stereocenters. The molecule has 0 fully saturated rings. The maximum Gasteiger partial charge on any atom is 0.277 e. The lowest BCUT2D eigenvalue weighted by atomic mass is 10.1. The normalized spacial score (nSPS) is 12.4. The van der Waals surface area contributed by atoms with Gasteiger partial charge in [-0.15, -0.1) is 0 Å². The molecule has 1 aromatic heterocycles. The van der Waals surface area contributed by atoms with Crippen LogP contribution in [0.15, 0.2) is 30.5 Å². The van der Waals surface area contributed by atoms with Crippen LogP contribution in [0.25, 0.3) is 0 Å². The average Bonchev–Trinajstić information content (AvgIpc) is 3.38. The number of fused-ring (bicyclic) bond motifs is 1. The zero-order valence-electron chi connectivity index (χ0n) is 18.6. The van der Waals surface area contributed by atoms with E-state index in [4.69, 9.17) is 0 Å². The van der Waals surface area contributed by atoms with Crippen molar-refractivity contribution >= 4 is 36.0 Å². The van der Waals surface area contributed by atoms with Crippen molar-refractivity contribution in [2.24, 2.45) is 0 Å². The molecule has 7 nitrogen and oxygen atoms in total. The summed E-state index contributed by atoms with van der Waals surface area (Å²) in [5.41, 5.74) is 3.15. The van der Waals surface area contributed by atoms with Gasteiger partial charge in [-0.3, -0.25) is 14.5 Å². The molecule has 0 saturated carbocycles. The Balaban J connectivity index is 0.00000155. The van der Waals surface area contributed by atoms with Gasteiger partial charge in [-0.05, 0) is 63.0 Å². The largest absolute Gasteiger partial charge is 0.314 e. The lowest BCUT2D eigenvalue weighted by Gasteiger charge is -2.23. The highest BCUT2D eigenvalue weighted by Gasteiger charge is 2.28. The maximum absolute atomic E-state index is 12.9. The zero-order chi connectivity index (χ0) is 22.3. The predicted octanol–water partition coefficient (Wildman–Crippen LogP) is 3.50. The van der Waals surface area contributed by atoms with Crippen molar-refractivity contribution < 1.29 is 9.59 Å². The molecule has 0 N–H and O–H groups in total. The number of unbranched alkanes of at least 4 members (excludes halogenated alkanes) is 1. The standard InChI is InChI=1S/C20H27N5O2S.C2H6/c1-4-5-11-22(2)14-19(26)23(3)16-7-6-15-9-12-24(18(15)13-16)20(27)17-8-10-21-25(17)28;1-2/h6-8,10,13,28H,4-5,9,11-12,14H2,1-3H3;1-2H3. The van der Waals surface area contributed by atoms with E-state index < -0.39 is 0 Å². The van der Waals surface area contributed by atoms with Crippen molar-refractivity contribution in [1.29, 1.82) is 0 Å². The molecule has 1 aliphatic rings. The van der Waals surface area contributed by atoms with Gasteiger partial charge in [0.25, 0.3) is 5.91 Å². The Kier molecular flexibility index (Phi) is 8.92. The van der Waals surface area contributed by atoms with Gasteiger partial charge >= 0.3 is 0 Å². The van der Waals surface area contributed by atoms with Gasteiger partial charge in [0.1, 0.15) is 5.69 Å². The number of carbonyl (C=O) groups is 2. The van der Waals surface area contributed by atoms with E-state index in [1.807, 2.05) is 44.0 Å². The Labute approximate surface area is 185 Å². The minimum atomic E-state index is -0.142. The summed E-state index contributed by atoms with van der Waals surface area (Å²) in [5, 5.41) is 3.96. The van der Waals surface area contributed by atoms with Gasteiger partial charge in [-0.2, -0.15) is 5.10 Å². The SMILES string of the molecule is CC.CCCCN(C)CC(=O)N(C)c1ccc2c(c1)N(C(=O)c1ccnn1S)CC2. The van der Waals surface area contributed by atoms with E-state index in [0.717, 1.165) is 42.7 Å². The number of amides is 2. The van der Waals surface area contributed by atoms with Crippen LogP contribution in [0.4, 0.5) is 11.4 Å². The quantitative estimate of drug-likeness (QED) is 0.682. The molecule has 1 aliphatic heterocycles. The van der Waals surface area contributed by atoms with Crippen molar-refractivity contribution in [3.63, 3.8) is 0 Å². The highest BCUT2D eigenvalue weighted by Crippen LogP contribution is 2.33. The van der Waals surface area contributed by atoms with E-state index in [0.29, 0.717) is 18.8 Å². The summed E-state index contributed by atoms with van der Waals surface area (Å²) in [6.07, 6.45) is 4.52. The Morgan fingerprint density at radius 1 is 1.20 bits per heavy atom. The summed E-state index contributed by atoms with van der Waals surface area (Å²) in [4.78, 5) is 31.0. The van der Waals surface area contributed by atoms with Crippen molar-refractivity contribution in [3.8, 4) is 0 Å². The fourth-order valence-corrected chi connectivity index (χ4v) is 3.58. The molecule has 2 amide bonds. The third-order valence-electron chi connectivity index (χ3n) is 5.11. The van der Waals surface area contributed by atoms with Gasteiger partial charge < -0.3 is 9.80 Å². The van der Waals surface area contributed by atoms with Gasteiger partial charge in [0.15, 0.2) is 0 Å². The lowest BCUT2D eigenvalue weighted by molar-refractivity contribution is -0.119. The van der Waals surface area contributed by atoms with E-state index in [9.17, 15) is 9.59 Å². The fourth-order valence-electron chi connectivity index (χ4n) is 3.37. The zero-order valence-corrected chi connectivity index (χ0v) is 19.5. The second-order valence-electron chi connectivity index (χ2n) is 7.17. The number of anilines is 2. The van der Waals surface area contributed by atoms with Crippen LogP contribution in [0.2, 0.25) is 0 Å². The topological polar surface area (TPSA) is 61.7 Å². The number of hydrogen-bond donors (Lipinski definition) is 1. The predicted molar refractivity (Wildman–Crippen MR) is 126 cm³/mol. The molecule has 1 aromatic carbocycles. The highest BCUT2D eigenvalue weighted by molar-refractivity contribution is 7.78. The first-order valence-corrected chi connectivity index (χ1v) is 11.0. The van der Waals surface area contributed by atoms with Crippen LogP contribution in [-0.2, 0) is 11.2 Å². The van der Waals surface area contributed by atoms with E-state index in [1.54, 1.807) is 29.1 Å². The Morgan fingerprint density at radius 2 is 1.93 bits per heavy atom. The Hall–Kier alpha value is -2.32. The fraction of sp³-hybridized carbons (Fsp3) is 0.500. The first kappa shape index (κ1) is 24.0. The van der Waals surface area contributed by atoms with E-state index in [2.05, 4.69) is 24.8 Å². The molecule has 0 spiro atoms. The summed E-state index contributed by atoms with van der Waals surface area (Å²) in [5.74, 6) is -0.112. The first-order valence-electron chi connectivity index (χ1n) is 10.6. The van der Waals surface area contributed by atoms with Crippen LogP contribution in [0, 0.1) is 0 Å².